The van der Waals surface area contributed by atoms with E-state index in [2.05, 4.69) is 14.8 Å². The van der Waals surface area contributed by atoms with Gasteiger partial charge in [-0.25, -0.2) is 4.98 Å². The molecule has 0 saturated heterocycles. The van der Waals surface area contributed by atoms with Crippen LogP contribution in [0.25, 0.3) is 21.8 Å². The number of para-hydroxylation sites is 2. The fourth-order valence-electron chi connectivity index (χ4n) is 3.68. The summed E-state index contributed by atoms with van der Waals surface area (Å²) in [6.07, 6.45) is 0. The molecule has 0 radical (unpaired) electrons. The van der Waals surface area contributed by atoms with Crippen LogP contribution in [-0.2, 0) is 30.4 Å². The van der Waals surface area contributed by atoms with E-state index in [1.807, 2.05) is 60.7 Å². The standard InChI is InChI=1S/C25H25N3O5S/c1-17(29)26-19-13-18(16-33-11-12-34(30,31)32-2)14-20(15-19)27-25-21-7-3-5-9-23(21)28-24-10-6-4-8-22(24)25/h3-10,13-15H,11-12,16H2,1-2H3,(H,26,29)(H,27,28). The number of benzene rings is 3. The van der Waals surface area contributed by atoms with Crippen LogP contribution in [-0.4, -0.2) is 38.8 Å². The molecule has 4 rings (SSSR count). The van der Waals surface area contributed by atoms with Crippen LogP contribution in [0.4, 0.5) is 17.1 Å². The highest BCUT2D eigenvalue weighted by molar-refractivity contribution is 7.86. The average Bonchev–Trinajstić information content (AvgIpc) is 2.81. The van der Waals surface area contributed by atoms with Gasteiger partial charge in [-0.2, -0.15) is 8.42 Å². The van der Waals surface area contributed by atoms with Crippen molar-refractivity contribution in [3.63, 3.8) is 0 Å². The third-order valence-electron chi connectivity index (χ3n) is 5.17. The minimum atomic E-state index is -3.59. The minimum absolute atomic E-state index is 0.0110. The van der Waals surface area contributed by atoms with Crippen LogP contribution < -0.4 is 10.6 Å². The molecule has 0 aliphatic rings. The smallest absolute Gasteiger partial charge is 0.269 e. The van der Waals surface area contributed by atoms with E-state index < -0.39 is 10.1 Å². The van der Waals surface area contributed by atoms with Gasteiger partial charge in [0, 0.05) is 29.1 Å². The summed E-state index contributed by atoms with van der Waals surface area (Å²) in [5.41, 5.74) is 4.75. The third-order valence-corrected chi connectivity index (χ3v) is 6.35. The highest BCUT2D eigenvalue weighted by Gasteiger charge is 2.12. The van der Waals surface area contributed by atoms with E-state index in [1.54, 1.807) is 6.07 Å². The number of amides is 1. The first-order valence-corrected chi connectivity index (χ1v) is 12.2. The quantitative estimate of drug-likeness (QED) is 0.206. The number of anilines is 3. The van der Waals surface area contributed by atoms with E-state index >= 15 is 0 Å². The van der Waals surface area contributed by atoms with Crippen LogP contribution >= 0.6 is 0 Å². The lowest BCUT2D eigenvalue weighted by molar-refractivity contribution is -0.114. The average molecular weight is 480 g/mol. The summed E-state index contributed by atoms with van der Waals surface area (Å²) in [5.74, 6) is -0.440. The second-order valence-electron chi connectivity index (χ2n) is 7.73. The Labute approximate surface area is 198 Å². The van der Waals surface area contributed by atoms with Crippen molar-refractivity contribution < 1.29 is 22.1 Å². The van der Waals surface area contributed by atoms with Crippen LogP contribution in [0, 0.1) is 0 Å². The maximum atomic E-state index is 11.7. The molecule has 0 bridgehead atoms. The van der Waals surface area contributed by atoms with Crippen molar-refractivity contribution in [2.75, 3.05) is 30.1 Å². The zero-order valence-electron chi connectivity index (χ0n) is 18.9. The minimum Gasteiger partial charge on any atom is -0.376 e. The molecule has 8 nitrogen and oxygen atoms in total. The number of aromatic nitrogens is 1. The number of pyridine rings is 1. The summed E-state index contributed by atoms with van der Waals surface area (Å²) < 4.78 is 33.0. The van der Waals surface area contributed by atoms with Crippen molar-refractivity contribution in [3.05, 3.63) is 72.3 Å². The number of rotatable bonds is 9. The van der Waals surface area contributed by atoms with E-state index in [9.17, 15) is 13.2 Å². The number of carbonyl (C=O) groups excluding carboxylic acids is 1. The molecule has 0 aliphatic carbocycles. The van der Waals surface area contributed by atoms with Gasteiger partial charge in [-0.15, -0.1) is 0 Å². The summed E-state index contributed by atoms with van der Waals surface area (Å²) in [4.78, 5) is 16.5. The molecule has 176 valence electrons. The fraction of sp³-hybridized carbons (Fsp3) is 0.200. The normalized spacial score (nSPS) is 11.6. The van der Waals surface area contributed by atoms with Gasteiger partial charge in [-0.3, -0.25) is 8.98 Å². The predicted octanol–water partition coefficient (Wildman–Crippen LogP) is 4.58. The Morgan fingerprint density at radius 3 is 2.18 bits per heavy atom. The molecule has 1 aromatic heterocycles. The fourth-order valence-corrected chi connectivity index (χ4v) is 4.16. The van der Waals surface area contributed by atoms with Crippen LogP contribution in [0.1, 0.15) is 12.5 Å². The first kappa shape index (κ1) is 23.6. The number of nitrogens with zero attached hydrogens (tertiary/aromatic N) is 1. The third kappa shape index (κ3) is 5.69. The van der Waals surface area contributed by atoms with Crippen LogP contribution in [0.3, 0.4) is 0 Å². The van der Waals surface area contributed by atoms with Gasteiger partial charge in [0.25, 0.3) is 10.1 Å². The Bertz CT molecular complexity index is 1400. The van der Waals surface area contributed by atoms with Crippen molar-refractivity contribution in [2.24, 2.45) is 0 Å². The van der Waals surface area contributed by atoms with Gasteiger partial charge < -0.3 is 15.4 Å². The van der Waals surface area contributed by atoms with Crippen LogP contribution in [0.15, 0.2) is 66.7 Å². The molecule has 2 N–H and O–H groups in total. The second kappa shape index (κ2) is 10.2. The topological polar surface area (TPSA) is 107 Å². The number of hydrogen-bond acceptors (Lipinski definition) is 7. The second-order valence-corrected chi connectivity index (χ2v) is 9.58. The van der Waals surface area contributed by atoms with Gasteiger partial charge in [0.15, 0.2) is 0 Å². The molecule has 1 heterocycles. The maximum absolute atomic E-state index is 11.7. The molecule has 0 aliphatic heterocycles. The maximum Gasteiger partial charge on any atom is 0.269 e. The summed E-state index contributed by atoms with van der Waals surface area (Å²) in [5, 5.41) is 8.24. The number of ether oxygens (including phenoxy) is 1. The monoisotopic (exact) mass is 479 g/mol. The Balaban J connectivity index is 1.68. The van der Waals surface area contributed by atoms with Crippen molar-refractivity contribution >= 4 is 54.9 Å². The van der Waals surface area contributed by atoms with Gasteiger partial charge >= 0.3 is 0 Å². The number of carbonyl (C=O) groups is 1. The lowest BCUT2D eigenvalue weighted by atomic mass is 10.1. The number of fused-ring (bicyclic) bond motifs is 2. The molecule has 0 fully saturated rings. The molecule has 0 spiro atoms. The van der Waals surface area contributed by atoms with Gasteiger partial charge in [-0.1, -0.05) is 36.4 Å². The molecule has 9 heteroatoms. The zero-order chi connectivity index (χ0) is 24.1. The molecule has 4 aromatic rings. The lowest BCUT2D eigenvalue weighted by Crippen LogP contribution is -2.13. The molecule has 34 heavy (non-hydrogen) atoms. The molecular weight excluding hydrogens is 454 g/mol. The first-order valence-electron chi connectivity index (χ1n) is 10.7. The van der Waals surface area contributed by atoms with Crippen LogP contribution in [0.2, 0.25) is 0 Å². The van der Waals surface area contributed by atoms with E-state index in [-0.39, 0.29) is 24.9 Å². The molecule has 1 amide bonds. The Hall–Kier alpha value is -3.53. The van der Waals surface area contributed by atoms with E-state index in [0.29, 0.717) is 5.69 Å². The van der Waals surface area contributed by atoms with Crippen molar-refractivity contribution in [1.82, 2.24) is 4.98 Å². The lowest BCUT2D eigenvalue weighted by Gasteiger charge is -2.16. The van der Waals surface area contributed by atoms with Crippen molar-refractivity contribution in [3.8, 4) is 0 Å². The SMILES string of the molecule is COS(=O)(=O)CCOCc1cc(NC(C)=O)cc(Nc2c3ccccc3nc3ccccc23)c1. The van der Waals surface area contributed by atoms with E-state index in [0.717, 1.165) is 45.9 Å². The first-order chi connectivity index (χ1) is 16.3. The Kier molecular flexibility index (Phi) is 7.06. The predicted molar refractivity (Wildman–Crippen MR) is 134 cm³/mol. The zero-order valence-corrected chi connectivity index (χ0v) is 19.7. The Morgan fingerprint density at radius 1 is 0.941 bits per heavy atom. The highest BCUT2D eigenvalue weighted by Crippen LogP contribution is 2.34. The largest absolute Gasteiger partial charge is 0.376 e. The molecular formula is C25H25N3O5S. The number of hydrogen-bond donors (Lipinski definition) is 2. The summed E-state index contributed by atoms with van der Waals surface area (Å²) in [6, 6.07) is 21.3. The number of nitrogens with one attached hydrogen (secondary N) is 2. The Morgan fingerprint density at radius 2 is 1.56 bits per heavy atom. The van der Waals surface area contributed by atoms with Crippen molar-refractivity contribution in [1.29, 1.82) is 0 Å². The summed E-state index contributed by atoms with van der Waals surface area (Å²) in [6.45, 7) is 1.60. The molecule has 0 saturated carbocycles. The summed E-state index contributed by atoms with van der Waals surface area (Å²) in [7, 11) is -2.47. The van der Waals surface area contributed by atoms with Gasteiger partial charge in [-0.05, 0) is 35.9 Å². The van der Waals surface area contributed by atoms with Crippen LogP contribution in [0.5, 0.6) is 0 Å². The van der Waals surface area contributed by atoms with Gasteiger partial charge in [0.2, 0.25) is 5.91 Å². The van der Waals surface area contributed by atoms with Gasteiger partial charge in [0.1, 0.15) is 0 Å². The molecule has 0 atom stereocenters. The van der Waals surface area contributed by atoms with Gasteiger partial charge in [0.05, 0.1) is 42.8 Å². The molecule has 0 unspecified atom stereocenters. The highest BCUT2D eigenvalue weighted by atomic mass is 32.2. The molecule has 3 aromatic carbocycles. The van der Waals surface area contributed by atoms with E-state index in [1.165, 1.54) is 6.92 Å². The van der Waals surface area contributed by atoms with Crippen molar-refractivity contribution in [2.45, 2.75) is 13.5 Å². The van der Waals surface area contributed by atoms with E-state index in [4.69, 9.17) is 9.72 Å². The summed E-state index contributed by atoms with van der Waals surface area (Å²) >= 11 is 0.